The van der Waals surface area contributed by atoms with Gasteiger partial charge in [0, 0.05) is 5.82 Å². The molecule has 0 aromatic heterocycles. The van der Waals surface area contributed by atoms with Crippen LogP contribution in [0.25, 0.3) is 0 Å². The van der Waals surface area contributed by atoms with E-state index in [-0.39, 0.29) is 26.1 Å². The minimum absolute atomic E-state index is 0.286. The van der Waals surface area contributed by atoms with Gasteiger partial charge in [0.15, 0.2) is 0 Å². The van der Waals surface area contributed by atoms with Crippen molar-refractivity contribution in [2.45, 2.75) is 12.8 Å². The maximum atomic E-state index is 11.6. The topological polar surface area (TPSA) is 110 Å². The molecular weight excluding hydrogens is 239 g/mol. The smallest absolute Gasteiger partial charge is 0.353 e. The molecule has 0 aliphatic rings. The molecule has 0 saturated heterocycles. The van der Waals surface area contributed by atoms with E-state index in [1.165, 1.54) is 0 Å². The Morgan fingerprint density at radius 1 is 1.12 bits per heavy atom. The average Bonchev–Trinajstić information content (AvgIpc) is 2.16. The molecule has 0 aliphatic heterocycles. The summed E-state index contributed by atoms with van der Waals surface area (Å²) in [5, 5.41) is 16.6. The van der Waals surface area contributed by atoms with Crippen LogP contribution >= 0.6 is 7.60 Å². The van der Waals surface area contributed by atoms with Gasteiger partial charge in [-0.15, -0.1) is 0 Å². The van der Waals surface area contributed by atoms with E-state index in [1.54, 1.807) is 0 Å². The molecule has 0 fully saturated rings. The fraction of sp³-hybridized carbons (Fsp3) is 0.500. The second-order valence-corrected chi connectivity index (χ2v) is 4.64. The lowest BCUT2D eigenvalue weighted by atomic mass is 10.5. The zero-order chi connectivity index (χ0) is 12.6. The van der Waals surface area contributed by atoms with Crippen molar-refractivity contribution in [2.24, 2.45) is 0 Å². The molecule has 0 aliphatic carbocycles. The van der Waals surface area contributed by atoms with E-state index < -0.39 is 19.5 Å². The summed E-state index contributed by atoms with van der Waals surface area (Å²) in [6.07, 6.45) is -0.639. The Kier molecular flexibility index (Phi) is 6.64. The molecule has 0 radical (unpaired) electrons. The first-order valence-corrected chi connectivity index (χ1v) is 5.97. The molecule has 7 nitrogen and oxygen atoms in total. The van der Waals surface area contributed by atoms with Crippen molar-refractivity contribution in [3.05, 3.63) is 12.4 Å². The van der Waals surface area contributed by atoms with Gasteiger partial charge in [0.2, 0.25) is 0 Å². The van der Waals surface area contributed by atoms with Crippen molar-refractivity contribution in [3.8, 4) is 0 Å². The first-order chi connectivity index (χ1) is 7.39. The highest BCUT2D eigenvalue weighted by Crippen LogP contribution is 2.49. The summed E-state index contributed by atoms with van der Waals surface area (Å²) in [6.45, 7) is 2.65. The summed E-state index contributed by atoms with van der Waals surface area (Å²) in [7, 11) is -3.58. The zero-order valence-corrected chi connectivity index (χ0v) is 9.39. The van der Waals surface area contributed by atoms with E-state index in [1.807, 2.05) is 0 Å². The Morgan fingerprint density at radius 3 is 1.75 bits per heavy atom. The number of carboxylic acid groups (broad SMARTS) is 2. The summed E-state index contributed by atoms with van der Waals surface area (Å²) in [5.74, 6) is -1.28. The number of carbonyl (C=O) groups is 2. The number of hydrogen-bond donors (Lipinski definition) is 2. The van der Waals surface area contributed by atoms with Gasteiger partial charge in [0.25, 0.3) is 0 Å². The van der Waals surface area contributed by atoms with Gasteiger partial charge in [-0.1, -0.05) is 6.58 Å². The Hall–Kier alpha value is -1.17. The third-order valence-corrected chi connectivity index (χ3v) is 2.93. The van der Waals surface area contributed by atoms with Crippen molar-refractivity contribution in [1.29, 1.82) is 0 Å². The van der Waals surface area contributed by atoms with Crippen LogP contribution in [-0.4, -0.2) is 35.4 Å². The number of aliphatic carboxylic acids is 2. The SMILES string of the molecule is C=CP(=O)(OCCC(=O)O)OCCC(=O)O. The largest absolute Gasteiger partial charge is 0.481 e. The summed E-state index contributed by atoms with van der Waals surface area (Å²) in [4.78, 5) is 20.3. The fourth-order valence-corrected chi connectivity index (χ4v) is 1.64. The lowest BCUT2D eigenvalue weighted by Gasteiger charge is -2.13. The molecule has 2 N–H and O–H groups in total. The lowest BCUT2D eigenvalue weighted by molar-refractivity contribution is -0.138. The molecule has 16 heavy (non-hydrogen) atoms. The molecule has 0 aromatic rings. The molecule has 0 spiro atoms. The van der Waals surface area contributed by atoms with Crippen LogP contribution in [0.1, 0.15) is 12.8 Å². The van der Waals surface area contributed by atoms with Gasteiger partial charge in [-0.05, 0) is 0 Å². The maximum absolute atomic E-state index is 11.6. The normalized spacial score (nSPS) is 11.0. The summed E-state index contributed by atoms with van der Waals surface area (Å²) in [5.41, 5.74) is 0. The second kappa shape index (κ2) is 7.16. The highest BCUT2D eigenvalue weighted by molar-refractivity contribution is 7.57. The number of carboxylic acids is 2. The van der Waals surface area contributed by atoms with Crippen LogP contribution < -0.4 is 0 Å². The monoisotopic (exact) mass is 252 g/mol. The van der Waals surface area contributed by atoms with Gasteiger partial charge in [-0.25, -0.2) is 0 Å². The third kappa shape index (κ3) is 7.17. The standard InChI is InChI=1S/C8H13O7P/c1-2-16(13,14-5-3-7(9)10)15-6-4-8(11)12/h2H,1,3-6H2,(H,9,10)(H,11,12). The van der Waals surface area contributed by atoms with E-state index in [4.69, 9.17) is 19.3 Å². The highest BCUT2D eigenvalue weighted by atomic mass is 31.2. The summed E-state index contributed by atoms with van der Waals surface area (Å²) >= 11 is 0. The average molecular weight is 252 g/mol. The fourth-order valence-electron chi connectivity index (χ4n) is 0.663. The van der Waals surface area contributed by atoms with E-state index in [2.05, 4.69) is 6.58 Å². The minimum Gasteiger partial charge on any atom is -0.481 e. The molecule has 8 heteroatoms. The first-order valence-electron chi connectivity index (χ1n) is 4.35. The number of hydrogen-bond acceptors (Lipinski definition) is 5. The van der Waals surface area contributed by atoms with Crippen LogP contribution in [0.5, 0.6) is 0 Å². The van der Waals surface area contributed by atoms with Crippen molar-refractivity contribution < 1.29 is 33.4 Å². The molecular formula is C8H13O7P. The van der Waals surface area contributed by atoms with Crippen molar-refractivity contribution in [2.75, 3.05) is 13.2 Å². The van der Waals surface area contributed by atoms with E-state index in [0.717, 1.165) is 5.82 Å². The van der Waals surface area contributed by atoms with Gasteiger partial charge in [0.05, 0.1) is 26.1 Å². The van der Waals surface area contributed by atoms with Gasteiger partial charge in [0.1, 0.15) is 0 Å². The van der Waals surface area contributed by atoms with E-state index in [0.29, 0.717) is 0 Å². The van der Waals surface area contributed by atoms with Crippen LogP contribution in [0.4, 0.5) is 0 Å². The quantitative estimate of drug-likeness (QED) is 0.595. The van der Waals surface area contributed by atoms with Crippen LogP contribution in [0.3, 0.4) is 0 Å². The van der Waals surface area contributed by atoms with Crippen LogP contribution in [-0.2, 0) is 23.2 Å². The molecule has 92 valence electrons. The Balaban J connectivity index is 4.00. The molecule has 0 amide bonds. The zero-order valence-electron chi connectivity index (χ0n) is 8.50. The van der Waals surface area contributed by atoms with Crippen LogP contribution in [0.2, 0.25) is 0 Å². The maximum Gasteiger partial charge on any atom is 0.353 e. The number of rotatable bonds is 9. The predicted molar refractivity (Wildman–Crippen MR) is 54.2 cm³/mol. The Labute approximate surface area is 92.2 Å². The van der Waals surface area contributed by atoms with Crippen molar-refractivity contribution in [1.82, 2.24) is 0 Å². The third-order valence-electron chi connectivity index (χ3n) is 1.40. The summed E-state index contributed by atoms with van der Waals surface area (Å²) < 4.78 is 21.0. The van der Waals surface area contributed by atoms with E-state index in [9.17, 15) is 14.2 Å². The lowest BCUT2D eigenvalue weighted by Crippen LogP contribution is -2.05. The molecule has 0 rings (SSSR count). The molecule has 0 atom stereocenters. The van der Waals surface area contributed by atoms with Crippen molar-refractivity contribution >= 4 is 19.5 Å². The Morgan fingerprint density at radius 2 is 1.50 bits per heavy atom. The molecule has 0 unspecified atom stereocenters. The van der Waals surface area contributed by atoms with Crippen LogP contribution in [0, 0.1) is 0 Å². The summed E-state index contributed by atoms with van der Waals surface area (Å²) in [6, 6.07) is 0. The minimum atomic E-state index is -3.58. The van der Waals surface area contributed by atoms with Gasteiger partial charge < -0.3 is 19.3 Å². The van der Waals surface area contributed by atoms with Gasteiger partial charge in [-0.3, -0.25) is 14.2 Å². The molecule has 0 heterocycles. The first kappa shape index (κ1) is 14.8. The second-order valence-electron chi connectivity index (χ2n) is 2.68. The highest BCUT2D eigenvalue weighted by Gasteiger charge is 2.20. The molecule has 0 bridgehead atoms. The predicted octanol–water partition coefficient (Wildman–Crippen LogP) is 1.31. The molecule has 0 saturated carbocycles. The Bertz CT molecular complexity index is 288. The van der Waals surface area contributed by atoms with Gasteiger partial charge in [-0.2, -0.15) is 0 Å². The van der Waals surface area contributed by atoms with Gasteiger partial charge >= 0.3 is 19.5 Å². The van der Waals surface area contributed by atoms with Crippen LogP contribution in [0.15, 0.2) is 12.4 Å². The van der Waals surface area contributed by atoms with E-state index >= 15 is 0 Å². The molecule has 0 aromatic carbocycles. The van der Waals surface area contributed by atoms with Crippen molar-refractivity contribution in [3.63, 3.8) is 0 Å².